The molecule has 1 aliphatic carbocycles. The van der Waals surface area contributed by atoms with Gasteiger partial charge in [0.25, 0.3) is 5.91 Å². The number of fused-ring (bicyclic) bond motifs is 2. The monoisotopic (exact) mass is 382 g/mol. The lowest BCUT2D eigenvalue weighted by Crippen LogP contribution is -2.52. The second-order valence-electron chi connectivity index (χ2n) is 8.54. The van der Waals surface area contributed by atoms with E-state index in [1.165, 1.54) is 19.3 Å². The molecule has 1 saturated carbocycles. The van der Waals surface area contributed by atoms with Crippen LogP contribution in [0, 0.1) is 5.92 Å². The van der Waals surface area contributed by atoms with Crippen LogP contribution in [0.4, 0.5) is 0 Å². The van der Waals surface area contributed by atoms with Crippen LogP contribution in [0.3, 0.4) is 0 Å². The molecule has 0 aromatic heterocycles. The number of imide groups is 1. The van der Waals surface area contributed by atoms with E-state index < -0.39 is 6.04 Å². The number of nitrogens with two attached hydrogens (primary N) is 1. The first-order chi connectivity index (χ1) is 13.5. The molecule has 3 fully saturated rings. The number of piperidine rings is 1. The van der Waals surface area contributed by atoms with Crippen LogP contribution in [-0.2, 0) is 22.7 Å². The molecule has 3 heterocycles. The van der Waals surface area contributed by atoms with Crippen molar-refractivity contribution in [1.82, 2.24) is 15.1 Å². The molecule has 3 amide bonds. The lowest BCUT2D eigenvalue weighted by Gasteiger charge is -2.29. The van der Waals surface area contributed by atoms with Gasteiger partial charge in [0.2, 0.25) is 11.8 Å². The molecule has 3 N–H and O–H groups in total. The summed E-state index contributed by atoms with van der Waals surface area (Å²) in [6, 6.07) is 6.04. The minimum absolute atomic E-state index is 0.108. The summed E-state index contributed by atoms with van der Waals surface area (Å²) in [4.78, 5) is 40.8. The van der Waals surface area contributed by atoms with Crippen molar-refractivity contribution in [2.24, 2.45) is 11.7 Å². The van der Waals surface area contributed by atoms with Gasteiger partial charge in [0, 0.05) is 37.2 Å². The highest BCUT2D eigenvalue weighted by atomic mass is 16.2. The first-order valence-corrected chi connectivity index (χ1v) is 10.3. The Morgan fingerprint density at radius 1 is 1.14 bits per heavy atom. The largest absolute Gasteiger partial charge is 0.326 e. The second-order valence-corrected chi connectivity index (χ2v) is 8.54. The van der Waals surface area contributed by atoms with Crippen molar-refractivity contribution in [1.29, 1.82) is 0 Å². The van der Waals surface area contributed by atoms with Crippen molar-refractivity contribution in [3.63, 3.8) is 0 Å². The smallest absolute Gasteiger partial charge is 0.255 e. The summed E-state index contributed by atoms with van der Waals surface area (Å²) in [6.07, 6.45) is 4.32. The average Bonchev–Trinajstić information content (AvgIpc) is 3.26. The molecule has 0 spiro atoms. The zero-order chi connectivity index (χ0) is 19.4. The van der Waals surface area contributed by atoms with Gasteiger partial charge in [-0.25, -0.2) is 0 Å². The van der Waals surface area contributed by atoms with E-state index in [4.69, 9.17) is 5.73 Å². The van der Waals surface area contributed by atoms with Gasteiger partial charge in [-0.15, -0.1) is 0 Å². The zero-order valence-corrected chi connectivity index (χ0v) is 15.9. The van der Waals surface area contributed by atoms with Gasteiger partial charge in [-0.3, -0.25) is 24.6 Å². The summed E-state index contributed by atoms with van der Waals surface area (Å²) in [5, 5.41) is 2.36. The highest BCUT2D eigenvalue weighted by Crippen LogP contribution is 2.42. The predicted molar refractivity (Wildman–Crippen MR) is 102 cm³/mol. The second kappa shape index (κ2) is 6.67. The van der Waals surface area contributed by atoms with E-state index in [-0.39, 0.29) is 30.2 Å². The first-order valence-electron chi connectivity index (χ1n) is 10.3. The number of rotatable bonds is 3. The Balaban J connectivity index is 1.38. The number of amides is 3. The molecule has 3 aliphatic heterocycles. The molecule has 1 aromatic carbocycles. The van der Waals surface area contributed by atoms with Gasteiger partial charge >= 0.3 is 0 Å². The van der Waals surface area contributed by atoms with Crippen LogP contribution < -0.4 is 11.1 Å². The average molecular weight is 382 g/mol. The van der Waals surface area contributed by atoms with Crippen LogP contribution in [-0.4, -0.2) is 52.2 Å². The maximum absolute atomic E-state index is 13.0. The maximum Gasteiger partial charge on any atom is 0.255 e. The van der Waals surface area contributed by atoms with Gasteiger partial charge in [-0.1, -0.05) is 18.6 Å². The van der Waals surface area contributed by atoms with Gasteiger partial charge < -0.3 is 10.6 Å². The molecule has 28 heavy (non-hydrogen) atoms. The van der Waals surface area contributed by atoms with Crippen LogP contribution >= 0.6 is 0 Å². The topological polar surface area (TPSA) is 95.7 Å². The number of benzene rings is 1. The molecule has 4 aliphatic rings. The van der Waals surface area contributed by atoms with Crippen molar-refractivity contribution in [2.75, 3.05) is 6.54 Å². The Kier molecular flexibility index (Phi) is 4.25. The molecule has 7 nitrogen and oxygen atoms in total. The highest BCUT2D eigenvalue weighted by molar-refractivity contribution is 6.05. The Labute approximate surface area is 164 Å². The number of nitrogens with zero attached hydrogens (tertiary/aromatic N) is 2. The normalized spacial score (nSPS) is 32.6. The fourth-order valence-corrected chi connectivity index (χ4v) is 5.30. The molecule has 0 radical (unpaired) electrons. The standard InChI is InChI=1S/C21H26N4O3/c22-18-14-5-1-2-9-24(19(14)18)10-12-4-3-6-13-15(12)11-25(21(13)28)16-7-8-17(26)23-20(16)27/h3-4,6,14,16,18-19H,1-2,5,7-11,22H2,(H,23,26,27). The lowest BCUT2D eigenvalue weighted by atomic mass is 10.0. The van der Waals surface area contributed by atoms with E-state index in [0.29, 0.717) is 30.5 Å². The molecule has 4 atom stereocenters. The Morgan fingerprint density at radius 3 is 2.82 bits per heavy atom. The van der Waals surface area contributed by atoms with E-state index >= 15 is 0 Å². The summed E-state index contributed by atoms with van der Waals surface area (Å²) in [7, 11) is 0. The lowest BCUT2D eigenvalue weighted by molar-refractivity contribution is -0.136. The minimum Gasteiger partial charge on any atom is -0.326 e. The molecule has 7 heteroatoms. The summed E-state index contributed by atoms with van der Waals surface area (Å²) < 4.78 is 0. The van der Waals surface area contributed by atoms with E-state index in [0.717, 1.165) is 24.2 Å². The molecule has 148 valence electrons. The summed E-state index contributed by atoms with van der Waals surface area (Å²) in [6.45, 7) is 2.28. The third-order valence-electron chi connectivity index (χ3n) is 6.89. The van der Waals surface area contributed by atoms with Crippen LogP contribution in [0.1, 0.15) is 53.6 Å². The van der Waals surface area contributed by atoms with Crippen molar-refractivity contribution >= 4 is 17.7 Å². The van der Waals surface area contributed by atoms with Gasteiger partial charge in [-0.05, 0) is 48.9 Å². The van der Waals surface area contributed by atoms with Crippen LogP contribution in [0.25, 0.3) is 0 Å². The van der Waals surface area contributed by atoms with Crippen molar-refractivity contribution in [2.45, 2.75) is 63.3 Å². The molecule has 4 unspecified atom stereocenters. The van der Waals surface area contributed by atoms with E-state index in [1.54, 1.807) is 4.90 Å². The van der Waals surface area contributed by atoms with Gasteiger partial charge in [0.05, 0.1) is 0 Å². The molecular weight excluding hydrogens is 356 g/mol. The summed E-state index contributed by atoms with van der Waals surface area (Å²) in [5.74, 6) is -0.120. The molecule has 1 aromatic rings. The van der Waals surface area contributed by atoms with E-state index in [9.17, 15) is 14.4 Å². The Bertz CT molecular complexity index is 854. The van der Waals surface area contributed by atoms with Crippen molar-refractivity contribution in [3.8, 4) is 0 Å². The molecule has 0 bridgehead atoms. The van der Waals surface area contributed by atoms with E-state index in [1.807, 2.05) is 12.1 Å². The molecular formula is C21H26N4O3. The van der Waals surface area contributed by atoms with Crippen LogP contribution in [0.15, 0.2) is 18.2 Å². The number of hydrogen-bond acceptors (Lipinski definition) is 5. The third kappa shape index (κ3) is 2.84. The fraction of sp³-hybridized carbons (Fsp3) is 0.571. The van der Waals surface area contributed by atoms with E-state index in [2.05, 4.69) is 16.3 Å². The van der Waals surface area contributed by atoms with Gasteiger partial charge in [-0.2, -0.15) is 0 Å². The van der Waals surface area contributed by atoms with Gasteiger partial charge in [0.1, 0.15) is 6.04 Å². The van der Waals surface area contributed by atoms with Crippen molar-refractivity contribution in [3.05, 3.63) is 34.9 Å². The fourth-order valence-electron chi connectivity index (χ4n) is 5.30. The highest BCUT2D eigenvalue weighted by Gasteiger charge is 2.51. The summed E-state index contributed by atoms with van der Waals surface area (Å²) in [5.41, 5.74) is 9.15. The Hall–Kier alpha value is -2.25. The number of carbonyl (C=O) groups is 3. The minimum atomic E-state index is -0.565. The quantitative estimate of drug-likeness (QED) is 0.753. The number of nitrogens with one attached hydrogen (secondary N) is 1. The van der Waals surface area contributed by atoms with Crippen molar-refractivity contribution < 1.29 is 14.4 Å². The van der Waals surface area contributed by atoms with Crippen LogP contribution in [0.5, 0.6) is 0 Å². The SMILES string of the molecule is NC1C2CCCCN(Cc3cccc4c3CN(C3CCC(=O)NC3=O)C4=O)C12. The van der Waals surface area contributed by atoms with Crippen LogP contribution in [0.2, 0.25) is 0 Å². The Morgan fingerprint density at radius 2 is 2.00 bits per heavy atom. The number of carbonyl (C=O) groups excluding carboxylic acids is 3. The first kappa shape index (κ1) is 17.8. The van der Waals surface area contributed by atoms with Gasteiger partial charge in [0.15, 0.2) is 0 Å². The third-order valence-corrected chi connectivity index (χ3v) is 6.89. The summed E-state index contributed by atoms with van der Waals surface area (Å²) >= 11 is 0. The predicted octanol–water partition coefficient (Wildman–Crippen LogP) is 0.759. The molecule has 2 saturated heterocycles. The zero-order valence-electron chi connectivity index (χ0n) is 15.9. The maximum atomic E-state index is 13.0. The number of likely N-dealkylation sites (tertiary alicyclic amines) is 1. The number of hydrogen-bond donors (Lipinski definition) is 2. The molecule has 5 rings (SSSR count).